The smallest absolute Gasteiger partial charge is 0.328 e. The first kappa shape index (κ1) is 21.2. The third-order valence-electron chi connectivity index (χ3n) is 5.12. The molecule has 2 heterocycles. The molecule has 1 atom stereocenters. The zero-order chi connectivity index (χ0) is 21.5. The summed E-state index contributed by atoms with van der Waals surface area (Å²) in [7, 11) is 2.21. The van der Waals surface area contributed by atoms with E-state index in [4.69, 9.17) is 10.2 Å². The van der Waals surface area contributed by atoms with Crippen molar-refractivity contribution in [1.82, 2.24) is 9.88 Å². The second-order valence-electron chi connectivity index (χ2n) is 7.22. The highest BCUT2D eigenvalue weighted by Gasteiger charge is 2.22. The zero-order valence-corrected chi connectivity index (χ0v) is 16.7. The van der Waals surface area contributed by atoms with Crippen LogP contribution in [0.15, 0.2) is 73.1 Å². The molecular formula is C24H24N2O4. The number of carboxylic acid groups (broad SMARTS) is 2. The molecule has 1 aromatic heterocycles. The van der Waals surface area contributed by atoms with Crippen LogP contribution in [0.25, 0.3) is 21.9 Å². The van der Waals surface area contributed by atoms with E-state index in [9.17, 15) is 9.59 Å². The summed E-state index contributed by atoms with van der Waals surface area (Å²) < 4.78 is 0. The summed E-state index contributed by atoms with van der Waals surface area (Å²) in [6.07, 6.45) is 7.63. The molecule has 6 nitrogen and oxygen atoms in total. The van der Waals surface area contributed by atoms with Crippen LogP contribution >= 0.6 is 0 Å². The number of carboxylic acids is 2. The maximum Gasteiger partial charge on any atom is 0.328 e. The monoisotopic (exact) mass is 404 g/mol. The number of aliphatic carboxylic acids is 2. The molecule has 4 rings (SSSR count). The molecule has 1 unspecified atom stereocenters. The minimum Gasteiger partial charge on any atom is -0.478 e. The zero-order valence-electron chi connectivity index (χ0n) is 16.7. The summed E-state index contributed by atoms with van der Waals surface area (Å²) in [6.45, 7) is 1.19. The Morgan fingerprint density at radius 3 is 2.30 bits per heavy atom. The van der Waals surface area contributed by atoms with Crippen molar-refractivity contribution in [3.63, 3.8) is 0 Å². The van der Waals surface area contributed by atoms with Gasteiger partial charge >= 0.3 is 11.9 Å². The lowest BCUT2D eigenvalue weighted by Crippen LogP contribution is -2.17. The number of benzene rings is 2. The van der Waals surface area contributed by atoms with Crippen LogP contribution in [0.4, 0.5) is 0 Å². The first-order chi connectivity index (χ1) is 14.4. The summed E-state index contributed by atoms with van der Waals surface area (Å²) in [5.41, 5.74) is 3.79. The van der Waals surface area contributed by atoms with Crippen molar-refractivity contribution < 1.29 is 19.8 Å². The van der Waals surface area contributed by atoms with E-state index in [1.165, 1.54) is 46.8 Å². The number of nitrogens with zero attached hydrogens (tertiary/aromatic N) is 2. The van der Waals surface area contributed by atoms with Crippen LogP contribution in [-0.4, -0.2) is 45.6 Å². The highest BCUT2D eigenvalue weighted by atomic mass is 16.4. The van der Waals surface area contributed by atoms with Crippen LogP contribution in [0.1, 0.15) is 24.4 Å². The van der Waals surface area contributed by atoms with Gasteiger partial charge in [0.2, 0.25) is 0 Å². The molecule has 0 aliphatic carbocycles. The molecule has 6 heteroatoms. The Labute approximate surface area is 175 Å². The molecular weight excluding hydrogens is 380 g/mol. The van der Waals surface area contributed by atoms with Crippen LogP contribution in [0, 0.1) is 0 Å². The molecule has 0 radical (unpaired) electrons. The third-order valence-corrected chi connectivity index (χ3v) is 5.12. The number of pyridine rings is 1. The lowest BCUT2D eigenvalue weighted by molar-refractivity contribution is -0.134. The fraction of sp³-hybridized carbons (Fsp3) is 0.208. The Kier molecular flexibility index (Phi) is 6.93. The summed E-state index contributed by atoms with van der Waals surface area (Å²) in [6, 6.07) is 18.0. The summed E-state index contributed by atoms with van der Waals surface area (Å²) >= 11 is 0. The van der Waals surface area contributed by atoms with Crippen molar-refractivity contribution in [3.8, 4) is 11.1 Å². The average Bonchev–Trinajstić information content (AvgIpc) is 3.18. The lowest BCUT2D eigenvalue weighted by Gasteiger charge is -2.20. The number of hydrogen-bond acceptors (Lipinski definition) is 4. The van der Waals surface area contributed by atoms with E-state index in [2.05, 4.69) is 65.5 Å². The molecule has 1 saturated heterocycles. The Hall–Kier alpha value is -3.51. The van der Waals surface area contributed by atoms with Gasteiger partial charge in [-0.25, -0.2) is 9.59 Å². The van der Waals surface area contributed by atoms with E-state index in [-0.39, 0.29) is 0 Å². The standard InChI is InChI=1S/C20H20N2.C4H4O4/c1-22-10-4-7-20(22)19-12-18(13-21-14-19)17-9-8-15-5-2-3-6-16(15)11-17;5-3(6)1-2-4(7)8/h2-3,5-6,8-9,11-14,20H,4,7,10H2,1H3;1-2H,(H,5,6)(H,7,8). The minimum atomic E-state index is -1.26. The summed E-state index contributed by atoms with van der Waals surface area (Å²) in [5, 5.41) is 18.2. The molecule has 3 aromatic rings. The number of likely N-dealkylation sites (tertiary alicyclic amines) is 1. The van der Waals surface area contributed by atoms with E-state index < -0.39 is 11.9 Å². The maximum atomic E-state index is 9.55. The van der Waals surface area contributed by atoms with Gasteiger partial charge < -0.3 is 10.2 Å². The highest BCUT2D eigenvalue weighted by Crippen LogP contribution is 2.32. The number of rotatable bonds is 4. The van der Waals surface area contributed by atoms with Gasteiger partial charge in [0, 0.05) is 36.2 Å². The average molecular weight is 404 g/mol. The minimum absolute atomic E-state index is 0.521. The van der Waals surface area contributed by atoms with Gasteiger partial charge in [-0.3, -0.25) is 9.88 Å². The largest absolute Gasteiger partial charge is 0.478 e. The van der Waals surface area contributed by atoms with E-state index >= 15 is 0 Å². The van der Waals surface area contributed by atoms with Gasteiger partial charge in [0.05, 0.1) is 0 Å². The molecule has 30 heavy (non-hydrogen) atoms. The van der Waals surface area contributed by atoms with Gasteiger partial charge in [0.1, 0.15) is 0 Å². The highest BCUT2D eigenvalue weighted by molar-refractivity contribution is 5.89. The predicted octanol–water partition coefficient (Wildman–Crippen LogP) is 4.38. The van der Waals surface area contributed by atoms with Crippen molar-refractivity contribution >= 4 is 22.7 Å². The maximum absolute atomic E-state index is 9.55. The number of hydrogen-bond donors (Lipinski definition) is 2. The second-order valence-corrected chi connectivity index (χ2v) is 7.22. The van der Waals surface area contributed by atoms with Gasteiger partial charge in [-0.2, -0.15) is 0 Å². The van der Waals surface area contributed by atoms with Gasteiger partial charge in [-0.15, -0.1) is 0 Å². The van der Waals surface area contributed by atoms with Crippen LogP contribution in [-0.2, 0) is 9.59 Å². The van der Waals surface area contributed by atoms with Crippen molar-refractivity contribution in [2.75, 3.05) is 13.6 Å². The van der Waals surface area contributed by atoms with Crippen LogP contribution in [0.2, 0.25) is 0 Å². The molecule has 1 aliphatic rings. The SMILES string of the molecule is CN1CCCC1c1cncc(-c2ccc3ccccc3c2)c1.O=C(O)C=CC(=O)O. The molecule has 1 aliphatic heterocycles. The Morgan fingerprint density at radius 2 is 1.67 bits per heavy atom. The van der Waals surface area contributed by atoms with Crippen molar-refractivity contribution in [2.24, 2.45) is 0 Å². The molecule has 2 aromatic carbocycles. The van der Waals surface area contributed by atoms with E-state index in [1.807, 2.05) is 12.4 Å². The Balaban J connectivity index is 0.000000275. The lowest BCUT2D eigenvalue weighted by atomic mass is 9.99. The number of fused-ring (bicyclic) bond motifs is 1. The fourth-order valence-electron chi connectivity index (χ4n) is 3.64. The van der Waals surface area contributed by atoms with Gasteiger partial charge in [0.15, 0.2) is 0 Å². The van der Waals surface area contributed by atoms with E-state index in [0.29, 0.717) is 18.2 Å². The number of carbonyl (C=O) groups is 2. The van der Waals surface area contributed by atoms with E-state index in [0.717, 1.165) is 0 Å². The summed E-state index contributed by atoms with van der Waals surface area (Å²) in [5.74, 6) is -2.51. The van der Waals surface area contributed by atoms with Crippen LogP contribution < -0.4 is 0 Å². The van der Waals surface area contributed by atoms with Crippen molar-refractivity contribution in [1.29, 1.82) is 0 Å². The number of aromatic nitrogens is 1. The van der Waals surface area contributed by atoms with E-state index in [1.54, 1.807) is 0 Å². The van der Waals surface area contributed by atoms with Crippen LogP contribution in [0.5, 0.6) is 0 Å². The molecule has 0 saturated carbocycles. The van der Waals surface area contributed by atoms with Crippen molar-refractivity contribution in [2.45, 2.75) is 18.9 Å². The Bertz CT molecular complexity index is 1060. The van der Waals surface area contributed by atoms with Gasteiger partial charge in [-0.1, -0.05) is 36.4 Å². The fourth-order valence-corrected chi connectivity index (χ4v) is 3.64. The topological polar surface area (TPSA) is 90.7 Å². The first-order valence-electron chi connectivity index (χ1n) is 9.72. The quantitative estimate of drug-likeness (QED) is 0.627. The third kappa shape index (κ3) is 5.52. The predicted molar refractivity (Wildman–Crippen MR) is 116 cm³/mol. The molecule has 1 fully saturated rings. The van der Waals surface area contributed by atoms with Gasteiger partial charge in [0.25, 0.3) is 0 Å². The molecule has 0 spiro atoms. The van der Waals surface area contributed by atoms with Gasteiger partial charge in [-0.05, 0) is 60.5 Å². The van der Waals surface area contributed by atoms with Crippen molar-refractivity contribution in [3.05, 3.63) is 78.6 Å². The molecule has 2 N–H and O–H groups in total. The summed E-state index contributed by atoms with van der Waals surface area (Å²) in [4.78, 5) is 26.0. The normalized spacial score (nSPS) is 16.4. The molecule has 0 bridgehead atoms. The Morgan fingerprint density at radius 1 is 0.967 bits per heavy atom. The second kappa shape index (κ2) is 9.80. The van der Waals surface area contributed by atoms with Crippen LogP contribution in [0.3, 0.4) is 0 Å². The molecule has 0 amide bonds. The first-order valence-corrected chi connectivity index (χ1v) is 9.72. The molecule has 154 valence electrons.